The van der Waals surface area contributed by atoms with E-state index in [2.05, 4.69) is 6.08 Å². The van der Waals surface area contributed by atoms with Gasteiger partial charge in [0.1, 0.15) is 0 Å². The highest BCUT2D eigenvalue weighted by Crippen LogP contribution is 2.46. The molecule has 1 heterocycles. The molecular weight excluding hydrogens is 198 g/mol. The van der Waals surface area contributed by atoms with Crippen molar-refractivity contribution in [1.82, 2.24) is 0 Å². The standard InChI is InChI=1S/C14H23NO/c15-13-4-1-3-11(9-13)12-5-8-16-14(10-12)6-2-7-14/h9,12-13H,1-8,10,15H2. The van der Waals surface area contributed by atoms with E-state index >= 15 is 0 Å². The number of hydrogen-bond acceptors (Lipinski definition) is 2. The Morgan fingerprint density at radius 3 is 2.81 bits per heavy atom. The van der Waals surface area contributed by atoms with Crippen LogP contribution in [-0.4, -0.2) is 18.2 Å². The molecule has 2 unspecified atom stereocenters. The molecule has 0 amide bonds. The van der Waals surface area contributed by atoms with Crippen LogP contribution in [-0.2, 0) is 4.74 Å². The second-order valence-electron chi connectivity index (χ2n) is 5.87. The average Bonchev–Trinajstić information content (AvgIpc) is 2.27. The summed E-state index contributed by atoms with van der Waals surface area (Å²) in [5.74, 6) is 0.778. The third kappa shape index (κ3) is 1.93. The molecule has 2 nitrogen and oxygen atoms in total. The Balaban J connectivity index is 1.69. The Hall–Kier alpha value is -0.340. The summed E-state index contributed by atoms with van der Waals surface area (Å²) in [5, 5.41) is 0. The van der Waals surface area contributed by atoms with Crippen LogP contribution in [0.1, 0.15) is 51.4 Å². The zero-order chi connectivity index (χ0) is 11.0. The van der Waals surface area contributed by atoms with Crippen LogP contribution in [0.5, 0.6) is 0 Å². The molecule has 1 saturated heterocycles. The SMILES string of the molecule is NC1C=C(C2CCOC3(CCC3)C2)CCC1. The summed E-state index contributed by atoms with van der Waals surface area (Å²) in [6.45, 7) is 0.969. The first kappa shape index (κ1) is 10.8. The molecule has 2 aliphatic carbocycles. The zero-order valence-electron chi connectivity index (χ0n) is 10.1. The van der Waals surface area contributed by atoms with Crippen molar-refractivity contribution < 1.29 is 4.74 Å². The van der Waals surface area contributed by atoms with E-state index in [0.717, 1.165) is 12.5 Å². The van der Waals surface area contributed by atoms with Gasteiger partial charge in [0.05, 0.1) is 5.60 Å². The van der Waals surface area contributed by atoms with Gasteiger partial charge in [-0.3, -0.25) is 0 Å². The van der Waals surface area contributed by atoms with Crippen LogP contribution < -0.4 is 5.73 Å². The van der Waals surface area contributed by atoms with Crippen molar-refractivity contribution >= 4 is 0 Å². The molecule has 0 bridgehead atoms. The largest absolute Gasteiger partial charge is 0.375 e. The van der Waals surface area contributed by atoms with E-state index < -0.39 is 0 Å². The zero-order valence-corrected chi connectivity index (χ0v) is 10.1. The van der Waals surface area contributed by atoms with Crippen molar-refractivity contribution in [3.05, 3.63) is 11.6 Å². The summed E-state index contributed by atoms with van der Waals surface area (Å²) in [7, 11) is 0. The number of nitrogens with two attached hydrogens (primary N) is 1. The van der Waals surface area contributed by atoms with Gasteiger partial charge >= 0.3 is 0 Å². The second-order valence-corrected chi connectivity index (χ2v) is 5.87. The summed E-state index contributed by atoms with van der Waals surface area (Å²) in [4.78, 5) is 0. The Morgan fingerprint density at radius 2 is 2.12 bits per heavy atom. The first-order valence-corrected chi connectivity index (χ1v) is 6.88. The van der Waals surface area contributed by atoms with Crippen molar-refractivity contribution in [3.63, 3.8) is 0 Å². The maximum absolute atomic E-state index is 6.04. The highest BCUT2D eigenvalue weighted by Gasteiger charge is 2.43. The molecule has 0 aromatic rings. The average molecular weight is 221 g/mol. The van der Waals surface area contributed by atoms with E-state index in [-0.39, 0.29) is 5.60 Å². The maximum atomic E-state index is 6.04. The fourth-order valence-corrected chi connectivity index (χ4v) is 3.59. The van der Waals surface area contributed by atoms with Crippen LogP contribution in [0.25, 0.3) is 0 Å². The Labute approximate surface area is 98.2 Å². The molecule has 16 heavy (non-hydrogen) atoms. The van der Waals surface area contributed by atoms with Crippen molar-refractivity contribution in [2.45, 2.75) is 63.0 Å². The Morgan fingerprint density at radius 1 is 1.25 bits per heavy atom. The molecule has 0 aromatic heterocycles. The number of ether oxygens (including phenoxy) is 1. The van der Waals surface area contributed by atoms with E-state index in [0.29, 0.717) is 6.04 Å². The van der Waals surface area contributed by atoms with Gasteiger partial charge in [0.15, 0.2) is 0 Å². The molecule has 0 radical (unpaired) electrons. The lowest BCUT2D eigenvalue weighted by molar-refractivity contribution is -0.139. The van der Waals surface area contributed by atoms with E-state index in [1.54, 1.807) is 5.57 Å². The predicted molar refractivity (Wildman–Crippen MR) is 65.2 cm³/mol. The topological polar surface area (TPSA) is 35.2 Å². The lowest BCUT2D eigenvalue weighted by Crippen LogP contribution is -2.46. The molecule has 2 fully saturated rings. The predicted octanol–water partition coefficient (Wildman–Crippen LogP) is 2.77. The number of hydrogen-bond donors (Lipinski definition) is 1. The minimum Gasteiger partial charge on any atom is -0.375 e. The monoisotopic (exact) mass is 221 g/mol. The molecule has 1 spiro atoms. The van der Waals surface area contributed by atoms with Gasteiger partial charge in [-0.15, -0.1) is 0 Å². The van der Waals surface area contributed by atoms with E-state index in [1.807, 2.05) is 0 Å². The fraction of sp³-hybridized carbons (Fsp3) is 0.857. The highest BCUT2D eigenvalue weighted by atomic mass is 16.5. The van der Waals surface area contributed by atoms with E-state index in [9.17, 15) is 0 Å². The van der Waals surface area contributed by atoms with Crippen LogP contribution in [0.3, 0.4) is 0 Å². The Kier molecular flexibility index (Phi) is 2.80. The van der Waals surface area contributed by atoms with Gasteiger partial charge in [-0.05, 0) is 57.3 Å². The van der Waals surface area contributed by atoms with Crippen molar-refractivity contribution in [1.29, 1.82) is 0 Å². The maximum Gasteiger partial charge on any atom is 0.0688 e. The molecule has 2 N–H and O–H groups in total. The van der Waals surface area contributed by atoms with Crippen LogP contribution in [0.2, 0.25) is 0 Å². The molecule has 0 aromatic carbocycles. The lowest BCUT2D eigenvalue weighted by Gasteiger charge is -2.48. The molecule has 3 rings (SSSR count). The molecule has 90 valence electrons. The van der Waals surface area contributed by atoms with Gasteiger partial charge in [0.25, 0.3) is 0 Å². The van der Waals surface area contributed by atoms with Crippen LogP contribution in [0, 0.1) is 5.92 Å². The van der Waals surface area contributed by atoms with Gasteiger partial charge in [-0.2, -0.15) is 0 Å². The number of allylic oxidation sites excluding steroid dienone is 1. The van der Waals surface area contributed by atoms with Gasteiger partial charge < -0.3 is 10.5 Å². The number of rotatable bonds is 1. The van der Waals surface area contributed by atoms with Gasteiger partial charge in [-0.1, -0.05) is 11.6 Å². The Bertz CT molecular complexity index is 293. The molecule has 1 aliphatic heterocycles. The third-order valence-electron chi connectivity index (χ3n) is 4.71. The molecular formula is C14H23NO. The first-order chi connectivity index (χ1) is 7.77. The lowest BCUT2D eigenvalue weighted by atomic mass is 9.69. The first-order valence-electron chi connectivity index (χ1n) is 6.88. The van der Waals surface area contributed by atoms with Crippen molar-refractivity contribution in [3.8, 4) is 0 Å². The minimum absolute atomic E-state index is 0.283. The molecule has 3 aliphatic rings. The third-order valence-corrected chi connectivity index (χ3v) is 4.71. The van der Waals surface area contributed by atoms with Gasteiger partial charge in [0.2, 0.25) is 0 Å². The van der Waals surface area contributed by atoms with E-state index in [1.165, 1.54) is 51.4 Å². The normalized spacial score (nSPS) is 37.9. The second kappa shape index (κ2) is 4.15. The smallest absolute Gasteiger partial charge is 0.0688 e. The van der Waals surface area contributed by atoms with Crippen LogP contribution in [0.4, 0.5) is 0 Å². The fourth-order valence-electron chi connectivity index (χ4n) is 3.59. The van der Waals surface area contributed by atoms with Crippen molar-refractivity contribution in [2.24, 2.45) is 11.7 Å². The van der Waals surface area contributed by atoms with Crippen molar-refractivity contribution in [2.75, 3.05) is 6.61 Å². The summed E-state index contributed by atoms with van der Waals surface area (Å²) in [5.41, 5.74) is 7.97. The molecule has 2 atom stereocenters. The van der Waals surface area contributed by atoms with Crippen LogP contribution >= 0.6 is 0 Å². The van der Waals surface area contributed by atoms with Gasteiger partial charge in [0, 0.05) is 12.6 Å². The summed E-state index contributed by atoms with van der Waals surface area (Å²) < 4.78 is 5.99. The summed E-state index contributed by atoms with van der Waals surface area (Å²) in [6.07, 6.45) is 12.6. The summed E-state index contributed by atoms with van der Waals surface area (Å²) >= 11 is 0. The highest BCUT2D eigenvalue weighted by molar-refractivity contribution is 5.16. The molecule has 1 saturated carbocycles. The van der Waals surface area contributed by atoms with Gasteiger partial charge in [-0.25, -0.2) is 0 Å². The minimum atomic E-state index is 0.283. The van der Waals surface area contributed by atoms with Crippen LogP contribution in [0.15, 0.2) is 11.6 Å². The molecule has 2 heteroatoms. The summed E-state index contributed by atoms with van der Waals surface area (Å²) in [6, 6.07) is 0.323. The van der Waals surface area contributed by atoms with E-state index in [4.69, 9.17) is 10.5 Å². The quantitative estimate of drug-likeness (QED) is 0.691.